The highest BCUT2D eigenvalue weighted by molar-refractivity contribution is 6.51. The number of ketones is 1. The second-order valence-electron chi connectivity index (χ2n) is 7.24. The summed E-state index contributed by atoms with van der Waals surface area (Å²) in [6, 6.07) is 14.6. The van der Waals surface area contributed by atoms with Crippen LogP contribution in [0.5, 0.6) is 11.5 Å². The molecule has 8 heteroatoms. The summed E-state index contributed by atoms with van der Waals surface area (Å²) in [7, 11) is 0. The number of anilines is 1. The fourth-order valence-corrected chi connectivity index (χ4v) is 3.91. The maximum absolute atomic E-state index is 14.6. The number of aliphatic hydroxyl groups is 1. The van der Waals surface area contributed by atoms with Gasteiger partial charge in [-0.25, -0.2) is 8.78 Å². The van der Waals surface area contributed by atoms with Crippen LogP contribution in [-0.4, -0.2) is 23.6 Å². The van der Waals surface area contributed by atoms with Gasteiger partial charge in [0.15, 0.2) is 11.5 Å². The van der Waals surface area contributed by atoms with Crippen LogP contribution >= 0.6 is 0 Å². The van der Waals surface area contributed by atoms with Crippen molar-refractivity contribution < 1.29 is 33.0 Å². The smallest absolute Gasteiger partial charge is 0.300 e. The number of carbonyl (C=O) groups excluding carboxylic acids is 2. The van der Waals surface area contributed by atoms with Crippen LogP contribution in [0.25, 0.3) is 5.76 Å². The normalized spacial score (nSPS) is 18.9. The zero-order valence-electron chi connectivity index (χ0n) is 16.4. The highest BCUT2D eigenvalue weighted by Gasteiger charge is 2.47. The van der Waals surface area contributed by atoms with Crippen LogP contribution in [0.3, 0.4) is 0 Å². The van der Waals surface area contributed by atoms with Gasteiger partial charge in [0.05, 0.1) is 17.3 Å². The van der Waals surface area contributed by atoms with E-state index < -0.39 is 35.1 Å². The molecule has 0 bridgehead atoms. The molecule has 3 aromatic rings. The molecule has 1 amide bonds. The second-order valence-corrected chi connectivity index (χ2v) is 7.24. The van der Waals surface area contributed by atoms with E-state index in [1.165, 1.54) is 12.1 Å². The minimum Gasteiger partial charge on any atom is -0.507 e. The predicted molar refractivity (Wildman–Crippen MR) is 110 cm³/mol. The molecule has 0 saturated carbocycles. The maximum Gasteiger partial charge on any atom is 0.300 e. The van der Waals surface area contributed by atoms with Gasteiger partial charge < -0.3 is 14.6 Å². The molecule has 2 aliphatic heterocycles. The highest BCUT2D eigenvalue weighted by atomic mass is 19.1. The van der Waals surface area contributed by atoms with Crippen molar-refractivity contribution in [3.05, 3.63) is 95.1 Å². The van der Waals surface area contributed by atoms with E-state index in [0.717, 1.165) is 17.0 Å². The van der Waals surface area contributed by atoms with Gasteiger partial charge in [0, 0.05) is 11.6 Å². The number of carbonyl (C=O) groups is 2. The molecular formula is C24H15F2NO5. The van der Waals surface area contributed by atoms with E-state index in [4.69, 9.17) is 9.47 Å². The van der Waals surface area contributed by atoms with Crippen LogP contribution in [-0.2, 0) is 9.59 Å². The minimum absolute atomic E-state index is 0.0256. The summed E-state index contributed by atoms with van der Waals surface area (Å²) in [6.07, 6.45) is 0. The molecule has 1 N–H and O–H groups in total. The summed E-state index contributed by atoms with van der Waals surface area (Å²) in [5.74, 6) is -3.43. The Balaban J connectivity index is 1.71. The maximum atomic E-state index is 14.6. The van der Waals surface area contributed by atoms with E-state index in [9.17, 15) is 23.5 Å². The first kappa shape index (κ1) is 19.7. The van der Waals surface area contributed by atoms with Crippen molar-refractivity contribution in [2.24, 2.45) is 0 Å². The van der Waals surface area contributed by atoms with E-state index in [1.807, 2.05) is 0 Å². The lowest BCUT2D eigenvalue weighted by Crippen LogP contribution is -2.30. The predicted octanol–water partition coefficient (Wildman–Crippen LogP) is 4.32. The summed E-state index contributed by atoms with van der Waals surface area (Å²) in [6.45, 7) is 0.0256. The van der Waals surface area contributed by atoms with E-state index in [-0.39, 0.29) is 23.6 Å². The van der Waals surface area contributed by atoms with Crippen LogP contribution in [0.2, 0.25) is 0 Å². The standard InChI is InChI=1S/C24H15F2NO5/c25-15-7-8-17(16(26)11-15)27-21(13-4-2-1-3-5-13)20(23(29)24(27)30)22(28)14-6-9-18-19(10-14)32-12-31-18/h1-11,21,28H,12H2/b22-20-. The summed E-state index contributed by atoms with van der Waals surface area (Å²) >= 11 is 0. The largest absolute Gasteiger partial charge is 0.507 e. The Morgan fingerprint density at radius 3 is 2.44 bits per heavy atom. The van der Waals surface area contributed by atoms with Gasteiger partial charge in [0.2, 0.25) is 6.79 Å². The quantitative estimate of drug-likeness (QED) is 0.377. The van der Waals surface area contributed by atoms with Gasteiger partial charge in [-0.15, -0.1) is 0 Å². The number of hydrogen-bond donors (Lipinski definition) is 1. The number of halogens is 2. The number of fused-ring (bicyclic) bond motifs is 1. The first-order chi connectivity index (χ1) is 15.5. The Hall–Kier alpha value is -4.20. The molecule has 0 radical (unpaired) electrons. The minimum atomic E-state index is -1.12. The molecule has 5 rings (SSSR count). The molecule has 160 valence electrons. The first-order valence-corrected chi connectivity index (χ1v) is 9.66. The molecule has 2 aliphatic rings. The van der Waals surface area contributed by atoms with Crippen LogP contribution in [0.15, 0.2) is 72.3 Å². The molecule has 2 heterocycles. The van der Waals surface area contributed by atoms with Crippen molar-refractivity contribution >= 4 is 23.1 Å². The van der Waals surface area contributed by atoms with E-state index >= 15 is 0 Å². The number of amides is 1. The Bertz CT molecular complexity index is 1290. The third-order valence-electron chi connectivity index (χ3n) is 5.38. The number of aliphatic hydroxyl groups excluding tert-OH is 1. The van der Waals surface area contributed by atoms with Crippen molar-refractivity contribution in [3.8, 4) is 11.5 Å². The van der Waals surface area contributed by atoms with E-state index in [1.54, 1.807) is 36.4 Å². The number of hydrogen-bond acceptors (Lipinski definition) is 5. The van der Waals surface area contributed by atoms with Crippen molar-refractivity contribution in [3.63, 3.8) is 0 Å². The lowest BCUT2D eigenvalue weighted by atomic mass is 9.95. The van der Waals surface area contributed by atoms with Crippen molar-refractivity contribution in [1.82, 2.24) is 0 Å². The summed E-state index contributed by atoms with van der Waals surface area (Å²) in [4.78, 5) is 27.0. The molecule has 1 atom stereocenters. The topological polar surface area (TPSA) is 76.1 Å². The Morgan fingerprint density at radius 2 is 1.69 bits per heavy atom. The number of ether oxygens (including phenoxy) is 2. The van der Waals surface area contributed by atoms with Crippen LogP contribution in [0, 0.1) is 11.6 Å². The lowest BCUT2D eigenvalue weighted by Gasteiger charge is -2.25. The van der Waals surface area contributed by atoms with Crippen LogP contribution in [0.1, 0.15) is 17.2 Å². The van der Waals surface area contributed by atoms with Crippen molar-refractivity contribution in [2.45, 2.75) is 6.04 Å². The monoisotopic (exact) mass is 435 g/mol. The molecule has 0 aliphatic carbocycles. The molecule has 1 fully saturated rings. The SMILES string of the molecule is O=C1C(=O)N(c2ccc(F)cc2F)C(c2ccccc2)/C1=C(/O)c1ccc2c(c1)OCO2. The van der Waals surface area contributed by atoms with Crippen LogP contribution in [0.4, 0.5) is 14.5 Å². The van der Waals surface area contributed by atoms with Gasteiger partial charge in [-0.05, 0) is 35.9 Å². The number of rotatable bonds is 3. The molecule has 32 heavy (non-hydrogen) atoms. The number of benzene rings is 3. The summed E-state index contributed by atoms with van der Waals surface area (Å²) < 4.78 is 38.7. The third kappa shape index (κ3) is 3.08. The van der Waals surface area contributed by atoms with Gasteiger partial charge in [-0.3, -0.25) is 14.5 Å². The highest BCUT2D eigenvalue weighted by Crippen LogP contribution is 2.44. The molecule has 3 aromatic carbocycles. The number of nitrogens with zero attached hydrogens (tertiary/aromatic N) is 1. The molecular weight excluding hydrogens is 420 g/mol. The molecule has 0 aromatic heterocycles. The Kier molecular flexibility index (Phi) is 4.62. The Labute approximate surface area is 180 Å². The van der Waals surface area contributed by atoms with Gasteiger partial charge in [-0.2, -0.15) is 0 Å². The van der Waals surface area contributed by atoms with Crippen molar-refractivity contribution in [1.29, 1.82) is 0 Å². The average molecular weight is 435 g/mol. The van der Waals surface area contributed by atoms with Gasteiger partial charge >= 0.3 is 0 Å². The summed E-state index contributed by atoms with van der Waals surface area (Å²) in [5.41, 5.74) is 0.210. The molecule has 1 saturated heterocycles. The van der Waals surface area contributed by atoms with Gasteiger partial charge in [-0.1, -0.05) is 30.3 Å². The van der Waals surface area contributed by atoms with Gasteiger partial charge in [0.1, 0.15) is 17.4 Å². The van der Waals surface area contributed by atoms with Gasteiger partial charge in [0.25, 0.3) is 11.7 Å². The summed E-state index contributed by atoms with van der Waals surface area (Å²) in [5, 5.41) is 11.1. The van der Waals surface area contributed by atoms with E-state index in [2.05, 4.69) is 0 Å². The van der Waals surface area contributed by atoms with E-state index in [0.29, 0.717) is 23.1 Å². The number of Topliss-reactive ketones (excluding diaryl/α,β-unsaturated/α-hetero) is 1. The Morgan fingerprint density at radius 1 is 0.938 bits per heavy atom. The fraction of sp³-hybridized carbons (Fsp3) is 0.0833. The molecule has 1 unspecified atom stereocenters. The molecule has 0 spiro atoms. The fourth-order valence-electron chi connectivity index (χ4n) is 3.91. The first-order valence-electron chi connectivity index (χ1n) is 9.66. The molecule has 6 nitrogen and oxygen atoms in total. The zero-order valence-corrected chi connectivity index (χ0v) is 16.4. The lowest BCUT2D eigenvalue weighted by molar-refractivity contribution is -0.132. The zero-order chi connectivity index (χ0) is 22.4. The van der Waals surface area contributed by atoms with Crippen molar-refractivity contribution in [2.75, 3.05) is 11.7 Å². The second kappa shape index (κ2) is 7.49. The van der Waals surface area contributed by atoms with Crippen LogP contribution < -0.4 is 14.4 Å². The third-order valence-corrected chi connectivity index (χ3v) is 5.38. The average Bonchev–Trinajstić information content (AvgIpc) is 3.36.